The summed E-state index contributed by atoms with van der Waals surface area (Å²) in [5, 5.41) is 0. The van der Waals surface area contributed by atoms with Crippen molar-refractivity contribution < 1.29 is 0 Å². The largest absolute Gasteiger partial charge is 0.0585 e. The number of hydrogen-bond acceptors (Lipinski definition) is 0. The van der Waals surface area contributed by atoms with Crippen molar-refractivity contribution >= 4 is 0 Å². The van der Waals surface area contributed by atoms with Crippen molar-refractivity contribution in [2.24, 2.45) is 86.3 Å². The Hall–Kier alpha value is 0. The van der Waals surface area contributed by atoms with Gasteiger partial charge in [-0.25, -0.2) is 0 Å². The fourth-order valence-electron chi connectivity index (χ4n) is 15.5. The second-order valence-corrected chi connectivity index (χ2v) is 12.0. The van der Waals surface area contributed by atoms with Gasteiger partial charge in [0.1, 0.15) is 0 Å². The molecule has 21 heavy (non-hydrogen) atoms. The van der Waals surface area contributed by atoms with Crippen LogP contribution < -0.4 is 0 Å². The Balaban J connectivity index is 1.38. The van der Waals surface area contributed by atoms with E-state index in [9.17, 15) is 0 Å². The lowest BCUT2D eigenvalue weighted by Gasteiger charge is -3.09. The van der Waals surface area contributed by atoms with Gasteiger partial charge in [-0.2, -0.15) is 0 Å². The normalized spacial score (nSPS) is 102. The molecule has 0 nitrogen and oxygen atoms in total. The molecule has 0 amide bonds. The molecule has 0 aromatic heterocycles. The molecule has 0 aliphatic heterocycles. The standard InChI is InChI=1S/C21H24/c1-17-7-3-9(17)14-16-15-11-6-8-5-10-13-12(4-7)20(14,17)18(16,2)21(13,15)19(8,10)11/h7-16H,3-6H2,1-2H3. The molecule has 15 atom stereocenters. The van der Waals surface area contributed by atoms with Crippen LogP contribution in [0.2, 0.25) is 0 Å². The summed E-state index contributed by atoms with van der Waals surface area (Å²) in [5.41, 5.74) is 4.67. The quantitative estimate of drug-likeness (QED) is 0.631. The summed E-state index contributed by atoms with van der Waals surface area (Å²) in [6.07, 6.45) is 6.75. The third kappa shape index (κ3) is 0.350. The minimum absolute atomic E-state index is 0.866. The van der Waals surface area contributed by atoms with Gasteiger partial charge in [-0.05, 0) is 112 Å². The monoisotopic (exact) mass is 276 g/mol. The minimum Gasteiger partial charge on any atom is -0.0585 e. The van der Waals surface area contributed by atoms with Crippen molar-refractivity contribution in [2.45, 2.75) is 39.5 Å². The lowest BCUT2D eigenvalue weighted by atomic mass is 8.94. The fourth-order valence-corrected chi connectivity index (χ4v) is 15.5. The molecule has 10 aliphatic rings. The fraction of sp³-hybridized carbons (Fsp3) is 1.00. The van der Waals surface area contributed by atoms with Crippen molar-refractivity contribution in [3.63, 3.8) is 0 Å². The predicted molar refractivity (Wildman–Crippen MR) is 76.9 cm³/mol. The number of hydrogen-bond donors (Lipinski definition) is 0. The predicted octanol–water partition coefficient (Wildman–Crippen LogP) is 3.82. The SMILES string of the molecule is CC12C3CC1C1C4C5C6CC7CC8C9C(C3)C12C4(C)C59C768. The first kappa shape index (κ1) is 9.33. The molecule has 3 spiro atoms. The summed E-state index contributed by atoms with van der Waals surface area (Å²) in [7, 11) is 0. The van der Waals surface area contributed by atoms with E-state index in [2.05, 4.69) is 13.8 Å². The molecule has 15 unspecified atom stereocenters. The van der Waals surface area contributed by atoms with Crippen LogP contribution in [0.25, 0.3) is 0 Å². The number of rotatable bonds is 0. The summed E-state index contributed by atoms with van der Waals surface area (Å²) >= 11 is 0. The van der Waals surface area contributed by atoms with E-state index in [1.807, 2.05) is 0 Å². The molecule has 0 N–H and O–H groups in total. The minimum atomic E-state index is 0.866. The molecule has 10 rings (SSSR count). The molecule has 0 aromatic rings. The van der Waals surface area contributed by atoms with E-state index in [0.29, 0.717) is 0 Å². The van der Waals surface area contributed by atoms with Crippen molar-refractivity contribution in [1.82, 2.24) is 0 Å². The molecule has 10 fully saturated rings. The Bertz CT molecular complexity index is 768. The molecule has 0 aromatic carbocycles. The molecule has 0 saturated heterocycles. The second-order valence-electron chi connectivity index (χ2n) is 12.0. The van der Waals surface area contributed by atoms with Gasteiger partial charge in [0.05, 0.1) is 0 Å². The van der Waals surface area contributed by atoms with Crippen LogP contribution in [0, 0.1) is 86.3 Å². The van der Waals surface area contributed by atoms with Crippen LogP contribution in [0.1, 0.15) is 39.5 Å². The summed E-state index contributed by atoms with van der Waals surface area (Å²) in [4.78, 5) is 0. The average Bonchev–Trinajstić information content (AvgIpc) is 2.59. The summed E-state index contributed by atoms with van der Waals surface area (Å²) in [6.45, 7) is 5.68. The Kier molecular flexibility index (Phi) is 0.783. The Morgan fingerprint density at radius 3 is 2.10 bits per heavy atom. The van der Waals surface area contributed by atoms with E-state index in [1.165, 1.54) is 59.2 Å². The van der Waals surface area contributed by atoms with Gasteiger partial charge in [-0.15, -0.1) is 0 Å². The van der Waals surface area contributed by atoms with Crippen LogP contribution in [0.15, 0.2) is 0 Å². The van der Waals surface area contributed by atoms with Crippen molar-refractivity contribution in [3.8, 4) is 0 Å². The highest BCUT2D eigenvalue weighted by molar-refractivity contribution is 5.62. The van der Waals surface area contributed by atoms with Gasteiger partial charge >= 0.3 is 0 Å². The zero-order valence-electron chi connectivity index (χ0n) is 13.1. The molecular weight excluding hydrogens is 252 g/mol. The smallest absolute Gasteiger partial charge is 0.0102 e. The van der Waals surface area contributed by atoms with Crippen LogP contribution in [-0.4, -0.2) is 0 Å². The third-order valence-electron chi connectivity index (χ3n) is 14.3. The Morgan fingerprint density at radius 1 is 0.619 bits per heavy atom. The van der Waals surface area contributed by atoms with Gasteiger partial charge in [-0.3, -0.25) is 0 Å². The van der Waals surface area contributed by atoms with Crippen LogP contribution in [0.5, 0.6) is 0 Å². The van der Waals surface area contributed by atoms with E-state index in [4.69, 9.17) is 0 Å². The lowest BCUT2D eigenvalue weighted by molar-refractivity contribution is -0.629. The lowest BCUT2D eigenvalue weighted by Crippen LogP contribution is -3.06. The molecule has 10 saturated carbocycles. The molecule has 0 heterocycles. The second kappa shape index (κ2) is 1.76. The van der Waals surface area contributed by atoms with Gasteiger partial charge < -0.3 is 0 Å². The van der Waals surface area contributed by atoms with E-state index >= 15 is 0 Å². The van der Waals surface area contributed by atoms with Crippen molar-refractivity contribution in [1.29, 1.82) is 0 Å². The van der Waals surface area contributed by atoms with Gasteiger partial charge in [0.2, 0.25) is 0 Å². The first-order valence-electron chi connectivity index (χ1n) is 10.2. The highest BCUT2D eigenvalue weighted by Crippen LogP contribution is 3.19. The molecule has 10 aliphatic carbocycles. The van der Waals surface area contributed by atoms with E-state index < -0.39 is 0 Å². The Labute approximate surface area is 126 Å². The van der Waals surface area contributed by atoms with Gasteiger partial charge in [0.25, 0.3) is 0 Å². The molecule has 0 bridgehead atoms. The third-order valence-corrected chi connectivity index (χ3v) is 14.3. The highest BCUT2D eigenvalue weighted by atomic mass is 15.2. The van der Waals surface area contributed by atoms with Crippen molar-refractivity contribution in [3.05, 3.63) is 0 Å². The van der Waals surface area contributed by atoms with Gasteiger partial charge in [-0.1, -0.05) is 13.8 Å². The van der Waals surface area contributed by atoms with E-state index in [1.54, 1.807) is 25.7 Å². The summed E-state index contributed by atoms with van der Waals surface area (Å²) < 4.78 is 0. The van der Waals surface area contributed by atoms with Gasteiger partial charge in [0, 0.05) is 0 Å². The maximum absolute atomic E-state index is 2.88. The molecular formula is C21H24. The Morgan fingerprint density at radius 2 is 1.29 bits per heavy atom. The van der Waals surface area contributed by atoms with Gasteiger partial charge in [0.15, 0.2) is 0 Å². The van der Waals surface area contributed by atoms with Crippen LogP contribution in [0.4, 0.5) is 0 Å². The average molecular weight is 276 g/mol. The van der Waals surface area contributed by atoms with E-state index in [-0.39, 0.29) is 0 Å². The number of fused-ring (bicyclic) bond motifs is 6. The summed E-state index contributed by atoms with van der Waals surface area (Å²) in [6, 6.07) is 0. The van der Waals surface area contributed by atoms with Crippen LogP contribution >= 0.6 is 0 Å². The molecule has 0 heteroatoms. The zero-order chi connectivity index (χ0) is 13.1. The maximum Gasteiger partial charge on any atom is -0.0102 e. The van der Waals surface area contributed by atoms with Crippen LogP contribution in [-0.2, 0) is 0 Å². The molecule has 0 radical (unpaired) electrons. The first-order valence-corrected chi connectivity index (χ1v) is 10.2. The van der Waals surface area contributed by atoms with Crippen molar-refractivity contribution in [2.75, 3.05) is 0 Å². The maximum atomic E-state index is 2.88. The first-order chi connectivity index (χ1) is 10.2. The topological polar surface area (TPSA) is 0 Å². The summed E-state index contributed by atoms with van der Waals surface area (Å²) in [5.74, 6) is 12.5. The highest BCUT2D eigenvalue weighted by Gasteiger charge is 3.16. The van der Waals surface area contributed by atoms with Crippen LogP contribution in [0.3, 0.4) is 0 Å². The van der Waals surface area contributed by atoms with E-state index in [0.717, 1.165) is 27.1 Å². The molecule has 108 valence electrons. The zero-order valence-corrected chi connectivity index (χ0v) is 13.1.